The summed E-state index contributed by atoms with van der Waals surface area (Å²) in [6.45, 7) is 8.91. The normalized spacial score (nSPS) is 17.2. The van der Waals surface area contributed by atoms with Crippen LogP contribution in [0, 0.1) is 0 Å². The van der Waals surface area contributed by atoms with E-state index in [9.17, 15) is 9.59 Å². The molecule has 2 aromatic rings. The summed E-state index contributed by atoms with van der Waals surface area (Å²) < 4.78 is 5.72. The largest absolute Gasteiger partial charge is 0.491 e. The zero-order valence-corrected chi connectivity index (χ0v) is 18.2. The number of nitrogens with zero attached hydrogens (tertiary/aromatic N) is 4. The summed E-state index contributed by atoms with van der Waals surface area (Å²) in [6.07, 6.45) is 1.86. The molecule has 0 bridgehead atoms. The second kappa shape index (κ2) is 8.79. The van der Waals surface area contributed by atoms with Crippen molar-refractivity contribution < 1.29 is 14.3 Å². The van der Waals surface area contributed by atoms with Gasteiger partial charge in [-0.1, -0.05) is 18.2 Å². The Morgan fingerprint density at radius 3 is 2.19 bits per heavy atom. The third kappa shape index (κ3) is 4.13. The van der Waals surface area contributed by atoms with Gasteiger partial charge in [0.15, 0.2) is 0 Å². The quantitative estimate of drug-likeness (QED) is 0.670. The van der Waals surface area contributed by atoms with E-state index in [1.165, 1.54) is 4.90 Å². The van der Waals surface area contributed by atoms with Gasteiger partial charge in [0, 0.05) is 38.9 Å². The number of anilines is 1. The first-order valence-corrected chi connectivity index (χ1v) is 10.8. The number of benzene rings is 1. The van der Waals surface area contributed by atoms with Crippen molar-refractivity contribution in [1.29, 1.82) is 0 Å². The lowest BCUT2D eigenvalue weighted by Gasteiger charge is -2.37. The van der Waals surface area contributed by atoms with E-state index >= 15 is 0 Å². The molecule has 7 nitrogen and oxygen atoms in total. The number of pyridine rings is 1. The number of amides is 2. The van der Waals surface area contributed by atoms with E-state index in [1.807, 2.05) is 68.1 Å². The van der Waals surface area contributed by atoms with E-state index in [2.05, 4.69) is 9.88 Å². The van der Waals surface area contributed by atoms with Gasteiger partial charge in [-0.25, -0.2) is 4.98 Å². The maximum absolute atomic E-state index is 13.1. The van der Waals surface area contributed by atoms with Gasteiger partial charge in [0.05, 0.1) is 11.7 Å². The van der Waals surface area contributed by atoms with Crippen molar-refractivity contribution in [2.45, 2.75) is 26.9 Å². The molecule has 162 valence electrons. The Bertz CT molecular complexity index is 978. The zero-order valence-electron chi connectivity index (χ0n) is 18.2. The van der Waals surface area contributed by atoms with Crippen molar-refractivity contribution in [2.75, 3.05) is 37.6 Å². The molecule has 1 saturated heterocycles. The molecule has 0 unspecified atom stereocenters. The molecule has 2 aliphatic rings. The van der Waals surface area contributed by atoms with Crippen LogP contribution in [0.2, 0.25) is 0 Å². The van der Waals surface area contributed by atoms with E-state index in [-0.39, 0.29) is 17.9 Å². The molecule has 0 aliphatic carbocycles. The lowest BCUT2D eigenvalue weighted by Crippen LogP contribution is -2.47. The molecule has 0 spiro atoms. The molecule has 2 aliphatic heterocycles. The summed E-state index contributed by atoms with van der Waals surface area (Å²) in [6, 6.07) is 13.3. The molecule has 3 heterocycles. The van der Waals surface area contributed by atoms with Gasteiger partial charge in [0.1, 0.15) is 17.3 Å². The highest BCUT2D eigenvalue weighted by molar-refractivity contribution is 6.35. The molecule has 1 fully saturated rings. The van der Waals surface area contributed by atoms with E-state index in [1.54, 1.807) is 6.20 Å². The van der Waals surface area contributed by atoms with Crippen molar-refractivity contribution >= 4 is 23.2 Å². The third-order valence-electron chi connectivity index (χ3n) is 5.54. The van der Waals surface area contributed by atoms with Crippen molar-refractivity contribution in [3.8, 4) is 5.75 Å². The second-order valence-electron chi connectivity index (χ2n) is 7.93. The minimum absolute atomic E-state index is 0.0706. The highest BCUT2D eigenvalue weighted by Gasteiger charge is 2.41. The van der Waals surface area contributed by atoms with Gasteiger partial charge in [-0.3, -0.25) is 14.5 Å². The van der Waals surface area contributed by atoms with E-state index in [0.29, 0.717) is 30.9 Å². The number of ether oxygens (including phenoxy) is 1. The predicted octanol–water partition coefficient (Wildman–Crippen LogP) is 2.79. The van der Waals surface area contributed by atoms with Crippen LogP contribution in [0.1, 0.15) is 26.3 Å². The number of hydrogen-bond acceptors (Lipinski definition) is 6. The number of carbonyl (C=O) groups is 2. The summed E-state index contributed by atoms with van der Waals surface area (Å²) >= 11 is 0. The van der Waals surface area contributed by atoms with Crippen LogP contribution in [-0.4, -0.2) is 65.4 Å². The van der Waals surface area contributed by atoms with Crippen LogP contribution >= 0.6 is 0 Å². The van der Waals surface area contributed by atoms with Crippen LogP contribution in [0.3, 0.4) is 0 Å². The molecule has 0 N–H and O–H groups in total. The number of imide groups is 1. The van der Waals surface area contributed by atoms with Gasteiger partial charge in [0.25, 0.3) is 11.8 Å². The van der Waals surface area contributed by atoms with Crippen LogP contribution in [0.15, 0.2) is 54.4 Å². The average Bonchev–Trinajstić information content (AvgIpc) is 3.04. The Morgan fingerprint density at radius 2 is 1.61 bits per heavy atom. The predicted molar refractivity (Wildman–Crippen MR) is 120 cm³/mol. The molecule has 0 atom stereocenters. The van der Waals surface area contributed by atoms with Gasteiger partial charge in [-0.15, -0.1) is 0 Å². The van der Waals surface area contributed by atoms with E-state index in [0.717, 1.165) is 30.2 Å². The Hall–Kier alpha value is -3.35. The summed E-state index contributed by atoms with van der Waals surface area (Å²) in [5.74, 6) is 1.23. The van der Waals surface area contributed by atoms with Gasteiger partial charge in [-0.2, -0.15) is 0 Å². The molecule has 4 rings (SSSR count). The SMILES string of the molecule is CCN1C(=O)C(c2ccc(OC(C)C)cc2)=C(N2CCN(c3ccccn3)CC2)C1=O. The van der Waals surface area contributed by atoms with Crippen LogP contribution < -0.4 is 9.64 Å². The first kappa shape index (κ1) is 20.9. The van der Waals surface area contributed by atoms with Crippen LogP contribution in [0.5, 0.6) is 5.75 Å². The molecule has 31 heavy (non-hydrogen) atoms. The molecule has 1 aromatic heterocycles. The number of hydrogen-bond donors (Lipinski definition) is 0. The fourth-order valence-electron chi connectivity index (χ4n) is 4.08. The van der Waals surface area contributed by atoms with Gasteiger partial charge in [-0.05, 0) is 50.6 Å². The topological polar surface area (TPSA) is 66.0 Å². The minimum atomic E-state index is -0.229. The Balaban J connectivity index is 1.61. The molecule has 1 aromatic carbocycles. The van der Waals surface area contributed by atoms with Crippen molar-refractivity contribution in [1.82, 2.24) is 14.8 Å². The summed E-state index contributed by atoms with van der Waals surface area (Å²) in [5.41, 5.74) is 1.73. The fraction of sp³-hybridized carbons (Fsp3) is 0.375. The highest BCUT2D eigenvalue weighted by atomic mass is 16.5. The van der Waals surface area contributed by atoms with Crippen molar-refractivity contribution in [2.24, 2.45) is 0 Å². The molecule has 2 amide bonds. The number of piperazine rings is 1. The third-order valence-corrected chi connectivity index (χ3v) is 5.54. The standard InChI is InChI=1S/C24H28N4O3/c1-4-28-23(29)21(18-8-10-19(11-9-18)31-17(2)3)22(24(28)30)27-15-13-26(14-16-27)20-7-5-6-12-25-20/h5-12,17H,4,13-16H2,1-3H3. The van der Waals surface area contributed by atoms with E-state index < -0.39 is 0 Å². The number of carbonyl (C=O) groups excluding carboxylic acids is 2. The van der Waals surface area contributed by atoms with Crippen LogP contribution in [-0.2, 0) is 9.59 Å². The highest BCUT2D eigenvalue weighted by Crippen LogP contribution is 2.33. The van der Waals surface area contributed by atoms with Crippen molar-refractivity contribution in [3.05, 3.63) is 59.9 Å². The summed E-state index contributed by atoms with van der Waals surface area (Å²) in [5, 5.41) is 0. The molecule has 7 heteroatoms. The second-order valence-corrected chi connectivity index (χ2v) is 7.93. The summed E-state index contributed by atoms with van der Waals surface area (Å²) in [7, 11) is 0. The average molecular weight is 421 g/mol. The summed E-state index contributed by atoms with van der Waals surface area (Å²) in [4.78, 5) is 36.3. The Labute approximate surface area is 182 Å². The first-order chi connectivity index (χ1) is 15.0. The van der Waals surface area contributed by atoms with E-state index in [4.69, 9.17) is 4.74 Å². The Kier molecular flexibility index (Phi) is 5.93. The molecular weight excluding hydrogens is 392 g/mol. The molecular formula is C24H28N4O3. The lowest BCUT2D eigenvalue weighted by atomic mass is 10.0. The van der Waals surface area contributed by atoms with Crippen LogP contribution in [0.4, 0.5) is 5.82 Å². The molecule has 0 radical (unpaired) electrons. The van der Waals surface area contributed by atoms with Crippen molar-refractivity contribution in [3.63, 3.8) is 0 Å². The minimum Gasteiger partial charge on any atom is -0.491 e. The smallest absolute Gasteiger partial charge is 0.277 e. The molecule has 0 saturated carbocycles. The number of rotatable bonds is 6. The maximum atomic E-state index is 13.1. The van der Waals surface area contributed by atoms with Gasteiger partial charge >= 0.3 is 0 Å². The Morgan fingerprint density at radius 1 is 0.935 bits per heavy atom. The van der Waals surface area contributed by atoms with Gasteiger partial charge < -0.3 is 14.5 Å². The lowest BCUT2D eigenvalue weighted by molar-refractivity contribution is -0.137. The maximum Gasteiger partial charge on any atom is 0.277 e. The van der Waals surface area contributed by atoms with Crippen LogP contribution in [0.25, 0.3) is 5.57 Å². The number of aromatic nitrogens is 1. The number of likely N-dealkylation sites (N-methyl/N-ethyl adjacent to an activating group) is 1. The first-order valence-electron chi connectivity index (χ1n) is 10.8. The van der Waals surface area contributed by atoms with Gasteiger partial charge in [0.2, 0.25) is 0 Å². The zero-order chi connectivity index (χ0) is 22.0. The monoisotopic (exact) mass is 420 g/mol. The fourth-order valence-corrected chi connectivity index (χ4v) is 4.08.